The Labute approximate surface area is 179 Å². The molecule has 1 N–H and O–H groups in total. The van der Waals surface area contributed by atoms with Gasteiger partial charge in [0.05, 0.1) is 11.1 Å². The normalized spacial score (nSPS) is 10.9. The highest BCUT2D eigenvalue weighted by molar-refractivity contribution is 6.30. The van der Waals surface area contributed by atoms with E-state index in [2.05, 4.69) is 5.32 Å². The Morgan fingerprint density at radius 3 is 2.33 bits per heavy atom. The topological polar surface area (TPSA) is 51.1 Å². The van der Waals surface area contributed by atoms with Crippen molar-refractivity contribution in [2.75, 3.05) is 5.32 Å². The Kier molecular flexibility index (Phi) is 5.42. The minimum absolute atomic E-state index is 0.127. The number of aromatic nitrogens is 1. The summed E-state index contributed by atoms with van der Waals surface area (Å²) >= 11 is 6.06. The van der Waals surface area contributed by atoms with Gasteiger partial charge in [-0.2, -0.15) is 0 Å². The van der Waals surface area contributed by atoms with Crippen molar-refractivity contribution in [1.82, 2.24) is 4.57 Å². The molecule has 1 heterocycles. The average Bonchev–Trinajstić information content (AvgIpc) is 2.75. The van der Waals surface area contributed by atoms with Crippen molar-refractivity contribution in [2.45, 2.75) is 20.4 Å². The largest absolute Gasteiger partial charge is 0.327 e. The first kappa shape index (κ1) is 19.9. The van der Waals surface area contributed by atoms with E-state index in [4.69, 9.17) is 11.6 Å². The fourth-order valence-corrected chi connectivity index (χ4v) is 3.87. The van der Waals surface area contributed by atoms with Gasteiger partial charge in [-0.15, -0.1) is 0 Å². The van der Waals surface area contributed by atoms with E-state index < -0.39 is 0 Å². The summed E-state index contributed by atoms with van der Waals surface area (Å²) in [4.78, 5) is 26.6. The van der Waals surface area contributed by atoms with Crippen molar-refractivity contribution in [3.05, 3.63) is 99.2 Å². The zero-order valence-corrected chi connectivity index (χ0v) is 17.5. The summed E-state index contributed by atoms with van der Waals surface area (Å²) in [5.74, 6) is 0.233. The van der Waals surface area contributed by atoms with E-state index in [0.717, 1.165) is 11.1 Å². The van der Waals surface area contributed by atoms with E-state index in [1.165, 1.54) is 0 Å². The van der Waals surface area contributed by atoms with Gasteiger partial charge < -0.3 is 9.88 Å². The number of fused-ring (bicyclic) bond motifs is 1. The van der Waals surface area contributed by atoms with E-state index in [-0.39, 0.29) is 11.3 Å². The summed E-state index contributed by atoms with van der Waals surface area (Å²) in [6.07, 6.45) is 0. The second kappa shape index (κ2) is 8.17. The molecule has 0 aliphatic heterocycles. The smallest absolute Gasteiger partial charge is 0.257 e. The molecule has 4 nitrogen and oxygen atoms in total. The van der Waals surface area contributed by atoms with Gasteiger partial charge in [0.1, 0.15) is 5.82 Å². The van der Waals surface area contributed by atoms with Crippen molar-refractivity contribution >= 4 is 34.2 Å². The quantitative estimate of drug-likeness (QED) is 0.450. The molecule has 150 valence electrons. The molecule has 4 aromatic rings. The summed E-state index contributed by atoms with van der Waals surface area (Å²) < 4.78 is 1.97. The molecule has 0 aliphatic rings. The van der Waals surface area contributed by atoms with Crippen molar-refractivity contribution in [1.29, 1.82) is 0 Å². The molecule has 0 radical (unpaired) electrons. The number of nitrogens with zero attached hydrogens (tertiary/aromatic N) is 1. The van der Waals surface area contributed by atoms with Gasteiger partial charge in [0.2, 0.25) is 0 Å². The molecule has 0 fully saturated rings. The number of nitrogens with one attached hydrogen (secondary N) is 1. The molecule has 1 amide bonds. The number of carbonyl (C=O) groups excluding carboxylic acids is 1. The van der Waals surface area contributed by atoms with Crippen LogP contribution in [0.25, 0.3) is 22.0 Å². The standard InChI is InChI=1S/C25H21ClN2O2/c1-3-28-21-11-7-6-10-20(21)23(29)22(17-12-14-18(26)15-13-17)24(28)27-25(30)19-9-5-4-8-16(19)2/h4-15H,3H2,1-2H3,(H,27,30). The van der Waals surface area contributed by atoms with Crippen molar-refractivity contribution < 1.29 is 4.79 Å². The van der Waals surface area contributed by atoms with Gasteiger partial charge in [-0.3, -0.25) is 9.59 Å². The minimum Gasteiger partial charge on any atom is -0.327 e. The summed E-state index contributed by atoms with van der Waals surface area (Å²) in [6, 6.07) is 21.9. The van der Waals surface area contributed by atoms with Gasteiger partial charge >= 0.3 is 0 Å². The lowest BCUT2D eigenvalue weighted by atomic mass is 10.0. The number of halogens is 1. The highest BCUT2D eigenvalue weighted by atomic mass is 35.5. The van der Waals surface area contributed by atoms with Gasteiger partial charge in [0, 0.05) is 22.5 Å². The molecular weight excluding hydrogens is 396 g/mol. The number of hydrogen-bond donors (Lipinski definition) is 1. The zero-order chi connectivity index (χ0) is 21.3. The molecule has 0 bridgehead atoms. The van der Waals surface area contributed by atoms with E-state index >= 15 is 0 Å². The molecule has 3 aromatic carbocycles. The van der Waals surface area contributed by atoms with Crippen LogP contribution in [0.15, 0.2) is 77.6 Å². The maximum Gasteiger partial charge on any atom is 0.257 e. The van der Waals surface area contributed by atoms with E-state index in [1.807, 2.05) is 60.9 Å². The molecule has 0 spiro atoms. The van der Waals surface area contributed by atoms with Gasteiger partial charge in [0.25, 0.3) is 5.91 Å². The Balaban J connectivity index is 2.00. The summed E-state index contributed by atoms with van der Waals surface area (Å²) in [7, 11) is 0. The van der Waals surface area contributed by atoms with E-state index in [1.54, 1.807) is 30.3 Å². The molecule has 30 heavy (non-hydrogen) atoms. The fraction of sp³-hybridized carbons (Fsp3) is 0.120. The first-order chi connectivity index (χ1) is 14.5. The van der Waals surface area contributed by atoms with Crippen LogP contribution in [-0.2, 0) is 6.54 Å². The molecule has 0 saturated carbocycles. The van der Waals surface area contributed by atoms with Crippen molar-refractivity contribution in [2.24, 2.45) is 0 Å². The van der Waals surface area contributed by atoms with Crippen molar-refractivity contribution in [3.63, 3.8) is 0 Å². The maximum absolute atomic E-state index is 13.5. The van der Waals surface area contributed by atoms with E-state index in [0.29, 0.717) is 39.5 Å². The number of anilines is 1. The predicted octanol–water partition coefficient (Wildman–Crippen LogP) is 5.90. The maximum atomic E-state index is 13.5. The van der Waals surface area contributed by atoms with Crippen molar-refractivity contribution in [3.8, 4) is 11.1 Å². The summed E-state index contributed by atoms with van der Waals surface area (Å²) in [6.45, 7) is 4.47. The first-order valence-corrected chi connectivity index (χ1v) is 10.2. The lowest BCUT2D eigenvalue weighted by Crippen LogP contribution is -2.22. The third-order valence-electron chi connectivity index (χ3n) is 5.24. The first-order valence-electron chi connectivity index (χ1n) is 9.79. The number of rotatable bonds is 4. The number of aryl methyl sites for hydroxylation is 2. The third kappa shape index (κ3) is 3.51. The molecule has 1 aromatic heterocycles. The highest BCUT2D eigenvalue weighted by Crippen LogP contribution is 2.30. The molecule has 5 heteroatoms. The molecule has 0 unspecified atom stereocenters. The second-order valence-electron chi connectivity index (χ2n) is 7.09. The highest BCUT2D eigenvalue weighted by Gasteiger charge is 2.20. The number of hydrogen-bond acceptors (Lipinski definition) is 2. The van der Waals surface area contributed by atoms with Gasteiger partial charge in [0.15, 0.2) is 5.43 Å². The van der Waals surface area contributed by atoms with Crippen LogP contribution in [0.2, 0.25) is 5.02 Å². The second-order valence-corrected chi connectivity index (χ2v) is 7.53. The Morgan fingerprint density at radius 2 is 1.63 bits per heavy atom. The predicted molar refractivity (Wildman–Crippen MR) is 123 cm³/mol. The van der Waals surface area contributed by atoms with Gasteiger partial charge in [-0.1, -0.05) is 54.1 Å². The Morgan fingerprint density at radius 1 is 0.967 bits per heavy atom. The number of benzene rings is 3. The van der Waals surface area contributed by atoms with Gasteiger partial charge in [-0.05, 0) is 55.3 Å². The monoisotopic (exact) mass is 416 g/mol. The molecule has 0 saturated heterocycles. The van der Waals surface area contributed by atoms with Crippen LogP contribution < -0.4 is 10.7 Å². The van der Waals surface area contributed by atoms with E-state index in [9.17, 15) is 9.59 Å². The Bertz CT molecular complexity index is 1310. The lowest BCUT2D eigenvalue weighted by molar-refractivity contribution is 0.102. The van der Waals surface area contributed by atoms with Crippen LogP contribution in [0.5, 0.6) is 0 Å². The van der Waals surface area contributed by atoms with Crippen LogP contribution >= 0.6 is 11.6 Å². The van der Waals surface area contributed by atoms with Crippen LogP contribution in [0.1, 0.15) is 22.8 Å². The molecule has 0 aliphatic carbocycles. The molecular formula is C25H21ClN2O2. The number of carbonyl (C=O) groups is 1. The number of para-hydroxylation sites is 1. The van der Waals surface area contributed by atoms with Crippen LogP contribution in [-0.4, -0.2) is 10.5 Å². The number of amides is 1. The van der Waals surface area contributed by atoms with Crippen LogP contribution in [0.3, 0.4) is 0 Å². The fourth-order valence-electron chi connectivity index (χ4n) is 3.74. The summed E-state index contributed by atoms with van der Waals surface area (Å²) in [5, 5.41) is 4.22. The third-order valence-corrected chi connectivity index (χ3v) is 5.50. The lowest BCUT2D eigenvalue weighted by Gasteiger charge is -2.20. The summed E-state index contributed by atoms with van der Waals surface area (Å²) in [5.41, 5.74) is 3.25. The SMILES string of the molecule is CCn1c(NC(=O)c2ccccc2C)c(-c2ccc(Cl)cc2)c(=O)c2ccccc21. The van der Waals surface area contributed by atoms with Crippen LogP contribution in [0, 0.1) is 6.92 Å². The molecule has 4 rings (SSSR count). The average molecular weight is 417 g/mol. The van der Waals surface area contributed by atoms with Crippen LogP contribution in [0.4, 0.5) is 5.82 Å². The number of pyridine rings is 1. The molecule has 0 atom stereocenters. The Hall–Kier alpha value is -3.37. The minimum atomic E-state index is -0.250. The van der Waals surface area contributed by atoms with Gasteiger partial charge in [-0.25, -0.2) is 0 Å². The zero-order valence-electron chi connectivity index (χ0n) is 16.8.